The molecule has 0 saturated heterocycles. The molecule has 1 aliphatic rings. The summed E-state index contributed by atoms with van der Waals surface area (Å²) in [6, 6.07) is 24.2. The van der Waals surface area contributed by atoms with E-state index in [0.717, 1.165) is 37.5 Å². The number of aldehydes is 1. The number of hydrogen-bond donors (Lipinski definition) is 0. The number of benzene rings is 3. The third-order valence-electron chi connectivity index (χ3n) is 6.31. The number of ketones is 1. The number of hydrogen-bond acceptors (Lipinski definition) is 2. The molecule has 0 radical (unpaired) electrons. The van der Waals surface area contributed by atoms with Crippen LogP contribution in [0.1, 0.15) is 40.5 Å². The molecule has 3 aromatic carbocycles. The van der Waals surface area contributed by atoms with Crippen molar-refractivity contribution in [2.24, 2.45) is 11.8 Å². The second-order valence-electron chi connectivity index (χ2n) is 8.42. The van der Waals surface area contributed by atoms with Crippen LogP contribution in [0.5, 0.6) is 0 Å². The normalized spacial score (nSPS) is 23.4. The fourth-order valence-electron chi connectivity index (χ4n) is 4.64. The molecule has 162 valence electrons. The maximum absolute atomic E-state index is 13.5. The Morgan fingerprint density at radius 3 is 1.97 bits per heavy atom. The first-order chi connectivity index (χ1) is 15.5. The standard InChI is InChI=1S/C28H24Br2O2/c1-18-2-7-21(8-3-18)28-26(32)16-22(9-4-19-5-12-23(29)13-6-19)25(17-31)27(28)20-10-14-24(30)15-11-20/h2-15,17,22,25,27-28H,16H2,1H3/b9-4+/t22-,25+,27-,28-/m1/s1. The van der Waals surface area contributed by atoms with Crippen molar-refractivity contribution >= 4 is 50.0 Å². The second kappa shape index (κ2) is 10.1. The van der Waals surface area contributed by atoms with Gasteiger partial charge >= 0.3 is 0 Å². The maximum atomic E-state index is 13.5. The van der Waals surface area contributed by atoms with Crippen LogP contribution in [-0.4, -0.2) is 12.1 Å². The third-order valence-corrected chi connectivity index (χ3v) is 7.36. The highest BCUT2D eigenvalue weighted by atomic mass is 79.9. The van der Waals surface area contributed by atoms with Crippen LogP contribution in [0.2, 0.25) is 0 Å². The summed E-state index contributed by atoms with van der Waals surface area (Å²) in [5, 5.41) is 0. The Morgan fingerprint density at radius 1 is 0.812 bits per heavy atom. The number of aryl methyl sites for hydroxylation is 1. The molecule has 0 aromatic heterocycles. The summed E-state index contributed by atoms with van der Waals surface area (Å²) in [7, 11) is 0. The Balaban J connectivity index is 1.74. The van der Waals surface area contributed by atoms with E-state index in [1.54, 1.807) is 0 Å². The van der Waals surface area contributed by atoms with E-state index in [9.17, 15) is 9.59 Å². The van der Waals surface area contributed by atoms with E-state index in [1.807, 2.05) is 91.9 Å². The SMILES string of the molecule is Cc1ccc([C@@H]2C(=O)C[C@@H](/C=C/c3ccc(Br)cc3)[C@H](C=O)[C@H]2c2ccc(Br)cc2)cc1. The Morgan fingerprint density at radius 2 is 1.38 bits per heavy atom. The molecular weight excluding hydrogens is 528 g/mol. The van der Waals surface area contributed by atoms with Gasteiger partial charge in [-0.25, -0.2) is 0 Å². The monoisotopic (exact) mass is 550 g/mol. The van der Waals surface area contributed by atoms with Gasteiger partial charge in [0.05, 0.1) is 5.92 Å². The minimum Gasteiger partial charge on any atom is -0.303 e. The first-order valence-electron chi connectivity index (χ1n) is 10.7. The highest BCUT2D eigenvalue weighted by Crippen LogP contribution is 2.48. The summed E-state index contributed by atoms with van der Waals surface area (Å²) in [4.78, 5) is 25.9. The number of allylic oxidation sites excluding steroid dienone is 1. The van der Waals surface area contributed by atoms with Gasteiger partial charge in [0.1, 0.15) is 12.1 Å². The largest absolute Gasteiger partial charge is 0.303 e. The first-order valence-corrected chi connectivity index (χ1v) is 12.3. The Kier molecular flexibility index (Phi) is 7.22. The van der Waals surface area contributed by atoms with E-state index < -0.39 is 0 Å². The van der Waals surface area contributed by atoms with Gasteiger partial charge in [-0.1, -0.05) is 98.1 Å². The highest BCUT2D eigenvalue weighted by Gasteiger charge is 2.44. The van der Waals surface area contributed by atoms with Gasteiger partial charge in [0.15, 0.2) is 0 Å². The van der Waals surface area contributed by atoms with Gasteiger partial charge in [-0.05, 0) is 53.8 Å². The topological polar surface area (TPSA) is 34.1 Å². The molecule has 1 aliphatic carbocycles. The van der Waals surface area contributed by atoms with Crippen LogP contribution in [0.25, 0.3) is 6.08 Å². The maximum Gasteiger partial charge on any atom is 0.141 e. The fraction of sp³-hybridized carbons (Fsp3) is 0.214. The van der Waals surface area contributed by atoms with Crippen LogP contribution in [0.3, 0.4) is 0 Å². The average Bonchev–Trinajstić information content (AvgIpc) is 2.79. The van der Waals surface area contributed by atoms with E-state index in [4.69, 9.17) is 0 Å². The van der Waals surface area contributed by atoms with Crippen molar-refractivity contribution in [3.8, 4) is 0 Å². The van der Waals surface area contributed by atoms with Crippen LogP contribution in [-0.2, 0) is 9.59 Å². The summed E-state index contributed by atoms with van der Waals surface area (Å²) >= 11 is 6.95. The Hall–Kier alpha value is -2.30. The smallest absolute Gasteiger partial charge is 0.141 e. The van der Waals surface area contributed by atoms with Crippen molar-refractivity contribution in [1.82, 2.24) is 0 Å². The molecule has 2 nitrogen and oxygen atoms in total. The fourth-order valence-corrected chi connectivity index (χ4v) is 5.17. The molecule has 4 rings (SSSR count). The van der Waals surface area contributed by atoms with Crippen molar-refractivity contribution in [3.63, 3.8) is 0 Å². The van der Waals surface area contributed by atoms with Crippen LogP contribution >= 0.6 is 31.9 Å². The molecule has 0 amide bonds. The number of rotatable bonds is 5. The van der Waals surface area contributed by atoms with Crippen molar-refractivity contribution in [2.45, 2.75) is 25.2 Å². The molecule has 0 N–H and O–H groups in total. The van der Waals surface area contributed by atoms with Gasteiger partial charge in [0, 0.05) is 27.2 Å². The predicted octanol–water partition coefficient (Wildman–Crippen LogP) is 7.50. The minimum absolute atomic E-state index is 0.140. The number of halogens is 2. The number of carbonyl (C=O) groups is 2. The second-order valence-corrected chi connectivity index (χ2v) is 10.3. The Labute approximate surface area is 206 Å². The molecule has 32 heavy (non-hydrogen) atoms. The molecule has 1 saturated carbocycles. The lowest BCUT2D eigenvalue weighted by Crippen LogP contribution is -2.38. The highest BCUT2D eigenvalue weighted by molar-refractivity contribution is 9.10. The number of Topliss-reactive ketones (excluding diaryl/α,β-unsaturated/α-hetero) is 1. The van der Waals surface area contributed by atoms with Gasteiger partial charge < -0.3 is 4.79 Å². The van der Waals surface area contributed by atoms with Crippen molar-refractivity contribution in [1.29, 1.82) is 0 Å². The lowest BCUT2D eigenvalue weighted by Gasteiger charge is -2.39. The van der Waals surface area contributed by atoms with Crippen LogP contribution in [0.15, 0.2) is 87.8 Å². The summed E-state index contributed by atoms with van der Waals surface area (Å²) in [6.45, 7) is 2.04. The molecular formula is C28H24Br2O2. The molecule has 1 fully saturated rings. The summed E-state index contributed by atoms with van der Waals surface area (Å²) < 4.78 is 1.99. The van der Waals surface area contributed by atoms with Crippen LogP contribution < -0.4 is 0 Å². The van der Waals surface area contributed by atoms with Gasteiger partial charge in [0.2, 0.25) is 0 Å². The minimum atomic E-state index is -0.329. The lowest BCUT2D eigenvalue weighted by molar-refractivity contribution is -0.126. The Bertz CT molecular complexity index is 1120. The van der Waals surface area contributed by atoms with E-state index in [-0.39, 0.29) is 29.5 Å². The molecule has 3 aromatic rings. The van der Waals surface area contributed by atoms with E-state index in [1.165, 1.54) is 0 Å². The predicted molar refractivity (Wildman–Crippen MR) is 137 cm³/mol. The van der Waals surface area contributed by atoms with Crippen molar-refractivity contribution in [3.05, 3.63) is 110 Å². The molecule has 0 heterocycles. The van der Waals surface area contributed by atoms with Gasteiger partial charge in [-0.2, -0.15) is 0 Å². The molecule has 4 heteroatoms. The van der Waals surface area contributed by atoms with E-state index in [2.05, 4.69) is 31.9 Å². The molecule has 0 spiro atoms. The summed E-state index contributed by atoms with van der Waals surface area (Å²) in [5.41, 5.74) is 4.20. The van der Waals surface area contributed by atoms with Gasteiger partial charge in [-0.15, -0.1) is 0 Å². The average molecular weight is 552 g/mol. The van der Waals surface area contributed by atoms with Crippen molar-refractivity contribution < 1.29 is 9.59 Å². The zero-order chi connectivity index (χ0) is 22.7. The van der Waals surface area contributed by atoms with Crippen LogP contribution in [0, 0.1) is 18.8 Å². The zero-order valence-electron chi connectivity index (χ0n) is 17.7. The third kappa shape index (κ3) is 5.02. The molecule has 0 unspecified atom stereocenters. The van der Waals surface area contributed by atoms with Gasteiger partial charge in [0.25, 0.3) is 0 Å². The van der Waals surface area contributed by atoms with Gasteiger partial charge in [-0.3, -0.25) is 4.79 Å². The quantitative estimate of drug-likeness (QED) is 0.307. The lowest BCUT2D eigenvalue weighted by atomic mass is 9.62. The van der Waals surface area contributed by atoms with Crippen molar-refractivity contribution in [2.75, 3.05) is 0 Å². The zero-order valence-corrected chi connectivity index (χ0v) is 20.9. The summed E-state index contributed by atoms with van der Waals surface area (Å²) in [6.07, 6.45) is 5.47. The van der Waals surface area contributed by atoms with Crippen LogP contribution in [0.4, 0.5) is 0 Å². The molecule has 0 aliphatic heterocycles. The number of carbonyl (C=O) groups excluding carboxylic acids is 2. The van der Waals surface area contributed by atoms with E-state index >= 15 is 0 Å². The first kappa shape index (κ1) is 22.9. The summed E-state index contributed by atoms with van der Waals surface area (Å²) in [5.74, 6) is -0.773. The molecule has 0 bridgehead atoms. The van der Waals surface area contributed by atoms with E-state index in [0.29, 0.717) is 6.42 Å². The molecule has 4 atom stereocenters.